The maximum absolute atomic E-state index is 12.2. The average Bonchev–Trinajstić information content (AvgIpc) is 3.32. The van der Waals surface area contributed by atoms with Gasteiger partial charge in [0.2, 0.25) is 11.8 Å². The molecular formula is C18H30N4O2. The third-order valence-electron chi connectivity index (χ3n) is 5.22. The van der Waals surface area contributed by atoms with E-state index in [1.807, 2.05) is 0 Å². The maximum Gasteiger partial charge on any atom is 0.243 e. The predicted molar refractivity (Wildman–Crippen MR) is 91.3 cm³/mol. The van der Waals surface area contributed by atoms with Crippen molar-refractivity contribution in [1.29, 1.82) is 0 Å². The van der Waals surface area contributed by atoms with Crippen molar-refractivity contribution in [1.82, 2.24) is 20.4 Å². The zero-order valence-electron chi connectivity index (χ0n) is 15.1. The number of unbranched alkanes of at least 4 members (excludes halogenated alkanes) is 1. The minimum atomic E-state index is 0.0472. The summed E-state index contributed by atoms with van der Waals surface area (Å²) in [5.74, 6) is 2.60. The van der Waals surface area contributed by atoms with Gasteiger partial charge >= 0.3 is 0 Å². The van der Waals surface area contributed by atoms with E-state index in [0.29, 0.717) is 29.7 Å². The van der Waals surface area contributed by atoms with Gasteiger partial charge < -0.3 is 14.7 Å². The molecule has 6 nitrogen and oxygen atoms in total. The molecule has 6 heteroatoms. The summed E-state index contributed by atoms with van der Waals surface area (Å²) in [6.45, 7) is 8.16. The smallest absolute Gasteiger partial charge is 0.243 e. The van der Waals surface area contributed by atoms with Gasteiger partial charge in [-0.05, 0) is 38.5 Å². The van der Waals surface area contributed by atoms with Crippen LogP contribution in [0.4, 0.5) is 0 Å². The number of piperidine rings is 1. The molecule has 1 saturated carbocycles. The summed E-state index contributed by atoms with van der Waals surface area (Å²) in [6, 6.07) is 0.431. The van der Waals surface area contributed by atoms with Crippen molar-refractivity contribution in [2.45, 2.75) is 71.4 Å². The van der Waals surface area contributed by atoms with Crippen LogP contribution in [0.1, 0.15) is 70.6 Å². The molecule has 0 bridgehead atoms. The number of likely N-dealkylation sites (tertiary alicyclic amines) is 1. The lowest BCUT2D eigenvalue weighted by molar-refractivity contribution is -0.134. The van der Waals surface area contributed by atoms with Crippen LogP contribution < -0.4 is 5.32 Å². The molecule has 1 aliphatic heterocycles. The Morgan fingerprint density at radius 3 is 2.88 bits per heavy atom. The number of carbonyl (C=O) groups is 1. The van der Waals surface area contributed by atoms with E-state index in [9.17, 15) is 4.79 Å². The Kier molecular flexibility index (Phi) is 5.54. The number of aryl methyl sites for hydroxylation is 1. The van der Waals surface area contributed by atoms with Crippen molar-refractivity contribution < 1.29 is 9.32 Å². The van der Waals surface area contributed by atoms with Crippen LogP contribution >= 0.6 is 0 Å². The Balaban J connectivity index is 1.50. The van der Waals surface area contributed by atoms with E-state index in [4.69, 9.17) is 4.52 Å². The van der Waals surface area contributed by atoms with E-state index < -0.39 is 0 Å². The first-order valence-electron chi connectivity index (χ1n) is 9.45. The van der Waals surface area contributed by atoms with Gasteiger partial charge in [-0.3, -0.25) is 4.79 Å². The molecule has 2 aliphatic rings. The fraction of sp³-hybridized carbons (Fsp3) is 0.833. The molecule has 3 atom stereocenters. The van der Waals surface area contributed by atoms with Crippen LogP contribution in [0.15, 0.2) is 4.52 Å². The lowest BCUT2D eigenvalue weighted by atomic mass is 9.93. The summed E-state index contributed by atoms with van der Waals surface area (Å²) in [5, 5.41) is 7.69. The van der Waals surface area contributed by atoms with E-state index in [1.165, 1.54) is 0 Å². The highest BCUT2D eigenvalue weighted by atomic mass is 16.5. The molecule has 1 saturated heterocycles. The Hall–Kier alpha value is -1.43. The van der Waals surface area contributed by atoms with Gasteiger partial charge in [0.15, 0.2) is 5.82 Å². The summed E-state index contributed by atoms with van der Waals surface area (Å²) in [6.07, 6.45) is 6.25. The summed E-state index contributed by atoms with van der Waals surface area (Å²) < 4.78 is 5.41. The number of carbonyl (C=O) groups excluding carboxylic acids is 1. The van der Waals surface area contributed by atoms with Gasteiger partial charge in [0, 0.05) is 31.5 Å². The van der Waals surface area contributed by atoms with Gasteiger partial charge in [-0.1, -0.05) is 25.4 Å². The van der Waals surface area contributed by atoms with Crippen LogP contribution in [0.3, 0.4) is 0 Å². The second-order valence-corrected chi connectivity index (χ2v) is 7.47. The molecule has 24 heavy (non-hydrogen) atoms. The third kappa shape index (κ3) is 4.15. The number of rotatable bonds is 7. The van der Waals surface area contributed by atoms with Gasteiger partial charge in [-0.25, -0.2) is 0 Å². The first-order chi connectivity index (χ1) is 11.6. The van der Waals surface area contributed by atoms with Gasteiger partial charge in [0.25, 0.3) is 0 Å². The number of hydrogen-bond acceptors (Lipinski definition) is 5. The summed E-state index contributed by atoms with van der Waals surface area (Å²) in [4.78, 5) is 18.8. The Morgan fingerprint density at radius 2 is 2.21 bits per heavy atom. The average molecular weight is 334 g/mol. The van der Waals surface area contributed by atoms with E-state index in [2.05, 4.69) is 41.1 Å². The molecule has 1 amide bonds. The van der Waals surface area contributed by atoms with E-state index >= 15 is 0 Å². The van der Waals surface area contributed by atoms with Crippen molar-refractivity contribution >= 4 is 5.91 Å². The molecule has 2 fully saturated rings. The molecule has 134 valence electrons. The number of amides is 1. The van der Waals surface area contributed by atoms with Gasteiger partial charge in [0.1, 0.15) is 0 Å². The lowest BCUT2D eigenvalue weighted by Gasteiger charge is -2.38. The maximum atomic E-state index is 12.2. The van der Waals surface area contributed by atoms with Gasteiger partial charge in [0.05, 0.1) is 6.04 Å². The lowest BCUT2D eigenvalue weighted by Crippen LogP contribution is -2.51. The van der Waals surface area contributed by atoms with Gasteiger partial charge in [-0.15, -0.1) is 0 Å². The fourth-order valence-electron chi connectivity index (χ4n) is 3.45. The standard InChI is InChI=1S/C18H30N4O2/c1-4-5-6-16-20-17(24-21-16)13(3)19-15-9-10-22(11-12(15)2)18(23)14-7-8-14/h12-15,19H,4-11H2,1-3H3/t12-,13+,15-/m1/s1. The molecule has 0 unspecified atom stereocenters. The van der Waals surface area contributed by atoms with Crippen LogP contribution in [-0.4, -0.2) is 40.1 Å². The van der Waals surface area contributed by atoms with Crippen molar-refractivity contribution in [3.8, 4) is 0 Å². The van der Waals surface area contributed by atoms with Crippen molar-refractivity contribution in [3.05, 3.63) is 11.7 Å². The summed E-state index contributed by atoms with van der Waals surface area (Å²) in [5.41, 5.74) is 0. The monoisotopic (exact) mass is 334 g/mol. The van der Waals surface area contributed by atoms with E-state index in [-0.39, 0.29) is 6.04 Å². The molecule has 1 aliphatic carbocycles. The molecule has 0 radical (unpaired) electrons. The molecule has 1 aromatic heterocycles. The van der Waals surface area contributed by atoms with Crippen LogP contribution in [0.2, 0.25) is 0 Å². The van der Waals surface area contributed by atoms with Gasteiger partial charge in [-0.2, -0.15) is 4.98 Å². The van der Waals surface area contributed by atoms with Crippen molar-refractivity contribution in [2.75, 3.05) is 13.1 Å². The zero-order valence-corrected chi connectivity index (χ0v) is 15.1. The second kappa shape index (κ2) is 7.64. The number of hydrogen-bond donors (Lipinski definition) is 1. The van der Waals surface area contributed by atoms with E-state index in [1.54, 1.807) is 0 Å². The second-order valence-electron chi connectivity index (χ2n) is 7.47. The number of nitrogens with one attached hydrogen (secondary N) is 1. The van der Waals surface area contributed by atoms with Crippen LogP contribution in [0, 0.1) is 11.8 Å². The van der Waals surface area contributed by atoms with Crippen LogP contribution in [0.25, 0.3) is 0 Å². The molecule has 1 aromatic rings. The Morgan fingerprint density at radius 1 is 1.42 bits per heavy atom. The highest BCUT2D eigenvalue weighted by molar-refractivity contribution is 5.81. The quantitative estimate of drug-likeness (QED) is 0.830. The first-order valence-corrected chi connectivity index (χ1v) is 9.45. The minimum Gasteiger partial charge on any atom is -0.342 e. The largest absolute Gasteiger partial charge is 0.342 e. The molecular weight excluding hydrogens is 304 g/mol. The zero-order chi connectivity index (χ0) is 17.1. The topological polar surface area (TPSA) is 71.3 Å². The molecule has 3 rings (SSSR count). The summed E-state index contributed by atoms with van der Waals surface area (Å²) >= 11 is 0. The number of nitrogens with zero attached hydrogens (tertiary/aromatic N) is 3. The Bertz CT molecular complexity index is 555. The summed E-state index contributed by atoms with van der Waals surface area (Å²) in [7, 11) is 0. The van der Waals surface area contributed by atoms with Crippen LogP contribution in [-0.2, 0) is 11.2 Å². The highest BCUT2D eigenvalue weighted by Gasteiger charge is 2.37. The molecule has 1 N–H and O–H groups in total. The van der Waals surface area contributed by atoms with E-state index in [0.717, 1.165) is 57.4 Å². The Labute approximate surface area is 144 Å². The van der Waals surface area contributed by atoms with Crippen molar-refractivity contribution in [2.24, 2.45) is 11.8 Å². The molecule has 0 spiro atoms. The predicted octanol–water partition coefficient (Wildman–Crippen LogP) is 2.71. The number of aromatic nitrogens is 2. The van der Waals surface area contributed by atoms with Crippen LogP contribution in [0.5, 0.6) is 0 Å². The minimum absolute atomic E-state index is 0.0472. The molecule has 0 aromatic carbocycles. The fourth-order valence-corrected chi connectivity index (χ4v) is 3.45. The first kappa shape index (κ1) is 17.4. The SMILES string of the molecule is CCCCc1noc([C@H](C)N[C@@H]2CCN(C(=O)C3CC3)C[C@H]2C)n1. The molecule has 2 heterocycles. The highest BCUT2D eigenvalue weighted by Crippen LogP contribution is 2.32. The van der Waals surface area contributed by atoms with Crippen molar-refractivity contribution in [3.63, 3.8) is 0 Å². The third-order valence-corrected chi connectivity index (χ3v) is 5.22. The normalized spacial score (nSPS) is 25.7.